The van der Waals surface area contributed by atoms with E-state index in [1.54, 1.807) is 18.7 Å². The highest BCUT2D eigenvalue weighted by molar-refractivity contribution is 6.10. The molecule has 0 unspecified atom stereocenters. The molecule has 0 radical (unpaired) electrons. The van der Waals surface area contributed by atoms with E-state index in [9.17, 15) is 27.6 Å². The average Bonchev–Trinajstić information content (AvgIpc) is 3.32. The molecule has 2 heterocycles. The second-order valence-electron chi connectivity index (χ2n) is 8.02. The highest BCUT2D eigenvalue weighted by Gasteiger charge is 2.54. The lowest BCUT2D eigenvalue weighted by Gasteiger charge is -2.31. The van der Waals surface area contributed by atoms with Crippen LogP contribution in [-0.4, -0.2) is 59.9 Å². The number of ether oxygens (including phenoxy) is 1. The number of alkyl halides is 3. The van der Waals surface area contributed by atoms with Crippen LogP contribution in [0.4, 0.5) is 13.2 Å². The SMILES string of the molecule is CCN(C[C@H]1CCCO1)C(=O)C[C@]1(c2cccc(C(F)(F)F)c2)CC(=O)N(CC)C1=O. The number of benzene rings is 1. The van der Waals surface area contributed by atoms with Gasteiger partial charge in [0.1, 0.15) is 0 Å². The zero-order chi connectivity index (χ0) is 22.8. The highest BCUT2D eigenvalue weighted by Crippen LogP contribution is 2.42. The van der Waals surface area contributed by atoms with Gasteiger partial charge < -0.3 is 9.64 Å². The molecule has 3 amide bonds. The van der Waals surface area contributed by atoms with Crippen molar-refractivity contribution in [2.24, 2.45) is 0 Å². The topological polar surface area (TPSA) is 66.9 Å². The number of nitrogens with zero attached hydrogens (tertiary/aromatic N) is 2. The van der Waals surface area contributed by atoms with Crippen molar-refractivity contribution in [1.29, 1.82) is 0 Å². The Bertz CT molecular complexity index is 851. The normalized spacial score (nSPS) is 24.2. The highest BCUT2D eigenvalue weighted by atomic mass is 19.4. The van der Waals surface area contributed by atoms with Crippen molar-refractivity contribution in [2.75, 3.05) is 26.2 Å². The van der Waals surface area contributed by atoms with Crippen molar-refractivity contribution >= 4 is 17.7 Å². The summed E-state index contributed by atoms with van der Waals surface area (Å²) in [6.45, 7) is 4.87. The molecule has 2 aliphatic rings. The largest absolute Gasteiger partial charge is 0.416 e. The van der Waals surface area contributed by atoms with Gasteiger partial charge in [-0.15, -0.1) is 0 Å². The van der Waals surface area contributed by atoms with Gasteiger partial charge in [0.2, 0.25) is 17.7 Å². The molecule has 170 valence electrons. The number of carbonyl (C=O) groups excluding carboxylic acids is 3. The first kappa shape index (κ1) is 23.2. The first-order valence-corrected chi connectivity index (χ1v) is 10.5. The fourth-order valence-corrected chi connectivity index (χ4v) is 4.39. The number of likely N-dealkylation sites (tertiary alicyclic amines) is 1. The number of hydrogen-bond donors (Lipinski definition) is 0. The molecule has 9 heteroatoms. The van der Waals surface area contributed by atoms with Gasteiger partial charge in [0.15, 0.2) is 0 Å². The maximum Gasteiger partial charge on any atom is 0.416 e. The van der Waals surface area contributed by atoms with Crippen LogP contribution in [0.2, 0.25) is 0 Å². The van der Waals surface area contributed by atoms with Crippen molar-refractivity contribution in [3.8, 4) is 0 Å². The lowest BCUT2D eigenvalue weighted by atomic mass is 9.75. The molecule has 0 spiro atoms. The summed E-state index contributed by atoms with van der Waals surface area (Å²) in [7, 11) is 0. The second-order valence-corrected chi connectivity index (χ2v) is 8.02. The molecule has 1 aromatic carbocycles. The van der Waals surface area contributed by atoms with Crippen LogP contribution >= 0.6 is 0 Å². The van der Waals surface area contributed by atoms with Crippen LogP contribution in [0.15, 0.2) is 24.3 Å². The van der Waals surface area contributed by atoms with Crippen LogP contribution in [0.1, 0.15) is 50.7 Å². The van der Waals surface area contributed by atoms with Crippen molar-refractivity contribution in [1.82, 2.24) is 9.80 Å². The van der Waals surface area contributed by atoms with Gasteiger partial charge >= 0.3 is 6.18 Å². The summed E-state index contributed by atoms with van der Waals surface area (Å²) >= 11 is 0. The zero-order valence-electron chi connectivity index (χ0n) is 17.7. The summed E-state index contributed by atoms with van der Waals surface area (Å²) in [5, 5.41) is 0. The van der Waals surface area contributed by atoms with Crippen LogP contribution in [0.3, 0.4) is 0 Å². The second kappa shape index (κ2) is 8.98. The fraction of sp³-hybridized carbons (Fsp3) is 0.591. The summed E-state index contributed by atoms with van der Waals surface area (Å²) < 4.78 is 45.5. The van der Waals surface area contributed by atoms with Crippen molar-refractivity contribution in [3.05, 3.63) is 35.4 Å². The van der Waals surface area contributed by atoms with E-state index in [0.29, 0.717) is 19.7 Å². The Morgan fingerprint density at radius 3 is 2.58 bits per heavy atom. The number of hydrogen-bond acceptors (Lipinski definition) is 4. The predicted molar refractivity (Wildman–Crippen MR) is 106 cm³/mol. The molecule has 2 aliphatic heterocycles. The summed E-state index contributed by atoms with van der Waals surface area (Å²) in [5.41, 5.74) is -2.52. The molecule has 3 rings (SSSR count). The fourth-order valence-electron chi connectivity index (χ4n) is 4.39. The summed E-state index contributed by atoms with van der Waals surface area (Å²) in [5.74, 6) is -1.49. The van der Waals surface area contributed by atoms with Gasteiger partial charge in [-0.05, 0) is 38.3 Å². The van der Waals surface area contributed by atoms with Crippen LogP contribution in [0, 0.1) is 0 Å². The van der Waals surface area contributed by atoms with Crippen LogP contribution in [-0.2, 0) is 30.7 Å². The first-order chi connectivity index (χ1) is 14.6. The minimum Gasteiger partial charge on any atom is -0.376 e. The zero-order valence-corrected chi connectivity index (χ0v) is 17.7. The minimum absolute atomic E-state index is 0.0399. The Morgan fingerprint density at radius 2 is 2.03 bits per heavy atom. The smallest absolute Gasteiger partial charge is 0.376 e. The van der Waals surface area contributed by atoms with Gasteiger partial charge in [-0.1, -0.05) is 18.2 Å². The van der Waals surface area contributed by atoms with Crippen LogP contribution in [0.25, 0.3) is 0 Å². The van der Waals surface area contributed by atoms with Crippen LogP contribution < -0.4 is 0 Å². The number of carbonyl (C=O) groups is 3. The lowest BCUT2D eigenvalue weighted by Crippen LogP contribution is -2.45. The van der Waals surface area contributed by atoms with Gasteiger partial charge in [0, 0.05) is 39.1 Å². The average molecular weight is 440 g/mol. The quantitative estimate of drug-likeness (QED) is 0.611. The maximum absolute atomic E-state index is 13.3. The molecule has 2 fully saturated rings. The van der Waals surface area contributed by atoms with Crippen molar-refractivity contribution in [3.63, 3.8) is 0 Å². The Kier molecular flexibility index (Phi) is 6.73. The maximum atomic E-state index is 13.3. The lowest BCUT2D eigenvalue weighted by molar-refractivity contribution is -0.143. The summed E-state index contributed by atoms with van der Waals surface area (Å²) in [6.07, 6.45) is -3.67. The van der Waals surface area contributed by atoms with E-state index in [1.807, 2.05) is 0 Å². The van der Waals surface area contributed by atoms with E-state index in [0.717, 1.165) is 29.9 Å². The number of halogens is 3. The molecule has 6 nitrogen and oxygen atoms in total. The molecule has 0 aliphatic carbocycles. The molecule has 1 aromatic rings. The molecule has 2 saturated heterocycles. The van der Waals surface area contributed by atoms with E-state index in [4.69, 9.17) is 4.74 Å². The van der Waals surface area contributed by atoms with E-state index < -0.39 is 29.0 Å². The van der Waals surface area contributed by atoms with E-state index in [-0.39, 0.29) is 37.0 Å². The third kappa shape index (κ3) is 4.61. The van der Waals surface area contributed by atoms with E-state index in [1.165, 1.54) is 12.1 Å². The Balaban J connectivity index is 1.97. The standard InChI is InChI=1S/C22H27F3N2O4/c1-3-26(14-17-9-6-10-31-17)18(28)12-21(13-19(29)27(4-2)20(21)30)15-7-5-8-16(11-15)22(23,24)25/h5,7-8,11,17H,3-4,6,9-10,12-14H2,1-2H3/t17-,21-/m1/s1. The van der Waals surface area contributed by atoms with Gasteiger partial charge in [-0.25, -0.2) is 0 Å². The first-order valence-electron chi connectivity index (χ1n) is 10.5. The molecular formula is C22H27F3N2O4. The number of imide groups is 1. The van der Waals surface area contributed by atoms with Gasteiger partial charge in [0.05, 0.1) is 17.1 Å². The molecular weight excluding hydrogens is 413 g/mol. The van der Waals surface area contributed by atoms with Crippen molar-refractivity contribution < 1.29 is 32.3 Å². The molecule has 31 heavy (non-hydrogen) atoms. The van der Waals surface area contributed by atoms with E-state index in [2.05, 4.69) is 0 Å². The monoisotopic (exact) mass is 440 g/mol. The Labute approximate surface area is 179 Å². The Hall–Kier alpha value is -2.42. The van der Waals surface area contributed by atoms with Gasteiger partial charge in [0.25, 0.3) is 0 Å². The van der Waals surface area contributed by atoms with Crippen LogP contribution in [0.5, 0.6) is 0 Å². The number of amides is 3. The number of rotatable bonds is 7. The van der Waals surface area contributed by atoms with Gasteiger partial charge in [-0.3, -0.25) is 19.3 Å². The third-order valence-electron chi connectivity index (χ3n) is 6.10. The van der Waals surface area contributed by atoms with Gasteiger partial charge in [-0.2, -0.15) is 13.2 Å². The summed E-state index contributed by atoms with van der Waals surface area (Å²) in [4.78, 5) is 41.5. The minimum atomic E-state index is -4.60. The molecule has 2 atom stereocenters. The summed E-state index contributed by atoms with van der Waals surface area (Å²) in [6, 6.07) is 4.39. The third-order valence-corrected chi connectivity index (χ3v) is 6.10. The molecule has 0 aromatic heterocycles. The van der Waals surface area contributed by atoms with Crippen molar-refractivity contribution in [2.45, 2.75) is 57.2 Å². The molecule has 0 saturated carbocycles. The van der Waals surface area contributed by atoms with E-state index >= 15 is 0 Å². The predicted octanol–water partition coefficient (Wildman–Crippen LogP) is 3.14. The molecule has 0 N–H and O–H groups in total. The molecule has 0 bridgehead atoms. The number of likely N-dealkylation sites (N-methyl/N-ethyl adjacent to an activating group) is 2. The Morgan fingerprint density at radius 1 is 1.29 bits per heavy atom.